The molecule has 0 aliphatic carbocycles. The molecular formula is C14H22O8. The minimum atomic E-state index is -0.429. The highest BCUT2D eigenvalue weighted by molar-refractivity contribution is 5.93. The van der Waals surface area contributed by atoms with Crippen molar-refractivity contribution in [3.63, 3.8) is 0 Å². The van der Waals surface area contributed by atoms with Gasteiger partial charge in [-0.25, -0.2) is 9.59 Å². The lowest BCUT2D eigenvalue weighted by Gasteiger charge is -2.00. The molecule has 0 saturated heterocycles. The van der Waals surface area contributed by atoms with E-state index in [-0.39, 0.29) is 26.4 Å². The second-order valence-electron chi connectivity index (χ2n) is 3.45. The van der Waals surface area contributed by atoms with Crippen molar-refractivity contribution in [2.24, 2.45) is 0 Å². The highest BCUT2D eigenvalue weighted by Crippen LogP contribution is 2.06. The first kappa shape index (κ1) is 22.3. The lowest BCUT2D eigenvalue weighted by atomic mass is 10.1. The van der Waals surface area contributed by atoms with E-state index < -0.39 is 11.9 Å². The molecule has 22 heavy (non-hydrogen) atoms. The summed E-state index contributed by atoms with van der Waals surface area (Å²) in [7, 11) is 2.60. The maximum Gasteiger partial charge on any atom is 0.337 e. The van der Waals surface area contributed by atoms with Crippen LogP contribution >= 0.6 is 0 Å². The van der Waals surface area contributed by atoms with Crippen LogP contribution in [0.2, 0.25) is 0 Å². The van der Waals surface area contributed by atoms with Crippen molar-refractivity contribution in [3.05, 3.63) is 35.4 Å². The molecule has 0 aliphatic heterocycles. The first-order valence-corrected chi connectivity index (χ1v) is 6.22. The van der Waals surface area contributed by atoms with Gasteiger partial charge in [-0.2, -0.15) is 0 Å². The summed E-state index contributed by atoms with van der Waals surface area (Å²) in [5.41, 5.74) is 0.806. The number of ether oxygens (including phenoxy) is 2. The number of hydrogen-bond donors (Lipinski definition) is 4. The zero-order valence-corrected chi connectivity index (χ0v) is 12.6. The van der Waals surface area contributed by atoms with E-state index in [4.69, 9.17) is 20.4 Å². The van der Waals surface area contributed by atoms with Crippen molar-refractivity contribution in [2.75, 3.05) is 40.6 Å². The third-order valence-corrected chi connectivity index (χ3v) is 1.93. The van der Waals surface area contributed by atoms with Gasteiger partial charge >= 0.3 is 11.9 Å². The first-order chi connectivity index (χ1) is 10.5. The quantitative estimate of drug-likeness (QED) is 0.530. The third kappa shape index (κ3) is 10.7. The number of aliphatic hydroxyl groups is 4. The van der Waals surface area contributed by atoms with Crippen molar-refractivity contribution in [3.8, 4) is 0 Å². The van der Waals surface area contributed by atoms with E-state index in [2.05, 4.69) is 9.47 Å². The number of carbonyl (C=O) groups is 2. The van der Waals surface area contributed by atoms with Crippen molar-refractivity contribution < 1.29 is 39.5 Å². The summed E-state index contributed by atoms with van der Waals surface area (Å²) in [6.45, 7) is -0.500. The van der Waals surface area contributed by atoms with E-state index in [0.717, 1.165) is 0 Å². The van der Waals surface area contributed by atoms with Gasteiger partial charge in [-0.05, 0) is 24.3 Å². The van der Waals surface area contributed by atoms with Gasteiger partial charge in [0.1, 0.15) is 0 Å². The average molecular weight is 318 g/mol. The monoisotopic (exact) mass is 318 g/mol. The van der Waals surface area contributed by atoms with Gasteiger partial charge < -0.3 is 29.9 Å². The molecule has 0 unspecified atom stereocenters. The standard InChI is InChI=1S/C10H10O4.2C2H6O2/c1-13-9(11)7-3-5-8(6-4-7)10(12)14-2;2*3-1-2-4/h3-6H,1-2H3;2*3-4H,1-2H2. The predicted octanol–water partition coefficient (Wildman–Crippen LogP) is -0.798. The van der Waals surface area contributed by atoms with Gasteiger partial charge in [0.15, 0.2) is 0 Å². The van der Waals surface area contributed by atoms with Crippen LogP contribution in [0.3, 0.4) is 0 Å². The van der Waals surface area contributed by atoms with Crippen LogP contribution in [0.5, 0.6) is 0 Å². The Morgan fingerprint density at radius 1 is 0.727 bits per heavy atom. The highest BCUT2D eigenvalue weighted by Gasteiger charge is 2.08. The molecule has 0 saturated carbocycles. The molecule has 8 heteroatoms. The smallest absolute Gasteiger partial charge is 0.337 e. The molecule has 0 aromatic heterocycles. The molecule has 8 nitrogen and oxygen atoms in total. The van der Waals surface area contributed by atoms with Gasteiger partial charge in [0.25, 0.3) is 0 Å². The predicted molar refractivity (Wildman–Crippen MR) is 77.5 cm³/mol. The Bertz CT molecular complexity index is 359. The lowest BCUT2D eigenvalue weighted by Crippen LogP contribution is -2.04. The van der Waals surface area contributed by atoms with Gasteiger partial charge in [0, 0.05) is 0 Å². The van der Waals surface area contributed by atoms with Gasteiger partial charge in [-0.15, -0.1) is 0 Å². The van der Waals surface area contributed by atoms with E-state index in [1.54, 1.807) is 0 Å². The Balaban J connectivity index is 0. The number of rotatable bonds is 4. The summed E-state index contributed by atoms with van der Waals surface area (Å²) >= 11 is 0. The average Bonchev–Trinajstić information content (AvgIpc) is 2.60. The molecule has 0 atom stereocenters. The third-order valence-electron chi connectivity index (χ3n) is 1.93. The molecule has 1 aromatic carbocycles. The van der Waals surface area contributed by atoms with Crippen LogP contribution in [0.15, 0.2) is 24.3 Å². The molecule has 0 fully saturated rings. The SMILES string of the molecule is COC(=O)c1ccc(C(=O)OC)cc1.OCCO.OCCO. The Morgan fingerprint density at radius 2 is 0.955 bits per heavy atom. The van der Waals surface area contributed by atoms with Crippen LogP contribution in [-0.4, -0.2) is 73.0 Å². The van der Waals surface area contributed by atoms with Crippen molar-refractivity contribution >= 4 is 11.9 Å². The second-order valence-corrected chi connectivity index (χ2v) is 3.45. The molecule has 126 valence electrons. The zero-order valence-electron chi connectivity index (χ0n) is 12.6. The van der Waals surface area contributed by atoms with E-state index >= 15 is 0 Å². The van der Waals surface area contributed by atoms with Gasteiger partial charge in [0.05, 0.1) is 51.8 Å². The molecule has 1 aromatic rings. The number of aliphatic hydroxyl groups excluding tert-OH is 4. The number of benzene rings is 1. The Morgan fingerprint density at radius 3 is 1.09 bits per heavy atom. The molecule has 0 amide bonds. The fraction of sp³-hybridized carbons (Fsp3) is 0.429. The normalized spacial score (nSPS) is 8.64. The fourth-order valence-electron chi connectivity index (χ4n) is 0.978. The van der Waals surface area contributed by atoms with Gasteiger partial charge in [-0.3, -0.25) is 0 Å². The summed E-state index contributed by atoms with van der Waals surface area (Å²) < 4.78 is 9.02. The van der Waals surface area contributed by atoms with Crippen LogP contribution in [0.25, 0.3) is 0 Å². The highest BCUT2D eigenvalue weighted by atomic mass is 16.5. The molecule has 0 spiro atoms. The summed E-state index contributed by atoms with van der Waals surface area (Å²) in [6.07, 6.45) is 0. The van der Waals surface area contributed by atoms with Crippen LogP contribution < -0.4 is 0 Å². The minimum absolute atomic E-state index is 0.125. The molecule has 1 rings (SSSR count). The van der Waals surface area contributed by atoms with Crippen LogP contribution in [0.1, 0.15) is 20.7 Å². The van der Waals surface area contributed by atoms with Crippen molar-refractivity contribution in [1.29, 1.82) is 0 Å². The van der Waals surface area contributed by atoms with E-state index in [9.17, 15) is 9.59 Å². The number of methoxy groups -OCH3 is 2. The summed E-state index contributed by atoms with van der Waals surface area (Å²) in [6, 6.07) is 6.05. The van der Waals surface area contributed by atoms with Gasteiger partial charge in [-0.1, -0.05) is 0 Å². The molecule has 4 N–H and O–H groups in total. The first-order valence-electron chi connectivity index (χ1n) is 6.22. The summed E-state index contributed by atoms with van der Waals surface area (Å²) in [5, 5.41) is 30.5. The van der Waals surface area contributed by atoms with E-state index in [1.165, 1.54) is 38.5 Å². The Labute approximate surface area is 128 Å². The molecule has 0 radical (unpaired) electrons. The Kier molecular flexibility index (Phi) is 15.6. The van der Waals surface area contributed by atoms with Crippen LogP contribution in [0.4, 0.5) is 0 Å². The van der Waals surface area contributed by atoms with Crippen molar-refractivity contribution in [2.45, 2.75) is 0 Å². The lowest BCUT2D eigenvalue weighted by molar-refractivity contribution is 0.0586. The van der Waals surface area contributed by atoms with Crippen molar-refractivity contribution in [1.82, 2.24) is 0 Å². The Hall–Kier alpha value is -2.00. The molecule has 0 heterocycles. The molecule has 0 aliphatic rings. The maximum absolute atomic E-state index is 11.0. The van der Waals surface area contributed by atoms with Crippen LogP contribution in [0, 0.1) is 0 Å². The van der Waals surface area contributed by atoms with E-state index in [1.807, 2.05) is 0 Å². The molecule has 0 bridgehead atoms. The van der Waals surface area contributed by atoms with Crippen LogP contribution in [-0.2, 0) is 9.47 Å². The summed E-state index contributed by atoms with van der Waals surface area (Å²) in [4.78, 5) is 22.1. The maximum atomic E-state index is 11.0. The molecular weight excluding hydrogens is 296 g/mol. The minimum Gasteiger partial charge on any atom is -0.465 e. The topological polar surface area (TPSA) is 134 Å². The number of hydrogen-bond acceptors (Lipinski definition) is 8. The zero-order chi connectivity index (χ0) is 17.4. The largest absolute Gasteiger partial charge is 0.465 e. The van der Waals surface area contributed by atoms with Gasteiger partial charge in [0.2, 0.25) is 0 Å². The number of carbonyl (C=O) groups excluding carboxylic acids is 2. The van der Waals surface area contributed by atoms with E-state index in [0.29, 0.717) is 11.1 Å². The fourth-order valence-corrected chi connectivity index (χ4v) is 0.978. The number of esters is 2. The summed E-state index contributed by atoms with van der Waals surface area (Å²) in [5.74, 6) is -0.858. The second kappa shape index (κ2) is 15.4.